The second-order valence-electron chi connectivity index (χ2n) is 4.46. The molecule has 0 aliphatic rings. The average Bonchev–Trinajstić information content (AvgIpc) is 3.25. The van der Waals surface area contributed by atoms with Crippen LogP contribution in [0.3, 0.4) is 0 Å². The van der Waals surface area contributed by atoms with Gasteiger partial charge in [0.25, 0.3) is 0 Å². The maximum absolute atomic E-state index is 9.06. The molecule has 8 heteroatoms. The highest BCUT2D eigenvalue weighted by Gasteiger charge is 2.14. The fraction of sp³-hybridized carbons (Fsp3) is 0.0769. The van der Waals surface area contributed by atoms with E-state index in [1.807, 2.05) is 6.07 Å². The van der Waals surface area contributed by atoms with E-state index in [-0.39, 0.29) is 6.61 Å². The summed E-state index contributed by atoms with van der Waals surface area (Å²) in [7, 11) is 0. The average molecular weight is 282 g/mol. The van der Waals surface area contributed by atoms with Gasteiger partial charge in [0.15, 0.2) is 5.76 Å². The van der Waals surface area contributed by atoms with E-state index < -0.39 is 0 Å². The molecule has 0 aliphatic carbocycles. The fourth-order valence-corrected chi connectivity index (χ4v) is 2.15. The van der Waals surface area contributed by atoms with Crippen LogP contribution in [0.25, 0.3) is 28.2 Å². The number of rotatable bonds is 3. The lowest BCUT2D eigenvalue weighted by Gasteiger charge is -2.03. The molecule has 2 N–H and O–H groups in total. The predicted octanol–water partition coefficient (Wildman–Crippen LogP) is 1.27. The van der Waals surface area contributed by atoms with Gasteiger partial charge in [-0.05, 0) is 6.07 Å². The highest BCUT2D eigenvalue weighted by molar-refractivity contribution is 5.77. The Morgan fingerprint density at radius 1 is 1.33 bits per heavy atom. The Morgan fingerprint density at radius 2 is 2.29 bits per heavy atom. The number of aliphatic hydroxyl groups is 1. The molecule has 0 saturated carbocycles. The summed E-state index contributed by atoms with van der Waals surface area (Å²) in [6.07, 6.45) is 6.92. The van der Waals surface area contributed by atoms with E-state index in [4.69, 9.17) is 9.63 Å². The van der Waals surface area contributed by atoms with Crippen molar-refractivity contribution in [1.82, 2.24) is 30.0 Å². The number of H-pyrrole nitrogens is 1. The number of nitrogens with one attached hydrogen (secondary N) is 1. The van der Waals surface area contributed by atoms with E-state index in [0.717, 1.165) is 16.8 Å². The van der Waals surface area contributed by atoms with Crippen molar-refractivity contribution in [3.8, 4) is 22.6 Å². The molecule has 4 heterocycles. The molecule has 0 radical (unpaired) electrons. The summed E-state index contributed by atoms with van der Waals surface area (Å²) in [4.78, 5) is 4.61. The first-order valence-electron chi connectivity index (χ1n) is 6.25. The monoisotopic (exact) mass is 282 g/mol. The Bertz CT molecular complexity index is 893. The van der Waals surface area contributed by atoms with Gasteiger partial charge in [-0.25, -0.2) is 9.50 Å². The van der Waals surface area contributed by atoms with Crippen LogP contribution in [-0.4, -0.2) is 35.1 Å². The van der Waals surface area contributed by atoms with E-state index in [0.29, 0.717) is 17.1 Å². The topological polar surface area (TPSA) is 105 Å². The lowest BCUT2D eigenvalue weighted by atomic mass is 10.2. The summed E-state index contributed by atoms with van der Waals surface area (Å²) in [6.45, 7) is -0.203. The molecule has 8 nitrogen and oxygen atoms in total. The van der Waals surface area contributed by atoms with E-state index >= 15 is 0 Å². The standard InChI is InChI=1S/C13H10N6O2/c20-7-9-3-10(18-21-9)11-6-19-12(1-2-16-19)13(17-11)8-4-14-15-5-8/h1-6,20H,7H2,(H,14,15). The second-order valence-corrected chi connectivity index (χ2v) is 4.46. The van der Waals surface area contributed by atoms with Crippen LogP contribution in [-0.2, 0) is 6.61 Å². The minimum Gasteiger partial charge on any atom is -0.388 e. The number of hydrogen-bond donors (Lipinski definition) is 2. The molecule has 0 unspecified atom stereocenters. The molecule has 0 amide bonds. The molecule has 21 heavy (non-hydrogen) atoms. The first-order valence-corrected chi connectivity index (χ1v) is 6.25. The highest BCUT2D eigenvalue weighted by Crippen LogP contribution is 2.25. The number of fused-ring (bicyclic) bond motifs is 1. The maximum atomic E-state index is 9.06. The Labute approximate surface area is 118 Å². The zero-order valence-corrected chi connectivity index (χ0v) is 10.8. The SMILES string of the molecule is OCc1cc(-c2cn3nccc3c(-c3cn[nH]c3)n2)no1. The smallest absolute Gasteiger partial charge is 0.162 e. The lowest BCUT2D eigenvalue weighted by Crippen LogP contribution is -1.96. The van der Waals surface area contributed by atoms with E-state index in [1.165, 1.54) is 0 Å². The Hall–Kier alpha value is -3.00. The van der Waals surface area contributed by atoms with Gasteiger partial charge in [0.2, 0.25) is 0 Å². The highest BCUT2D eigenvalue weighted by atomic mass is 16.5. The zero-order chi connectivity index (χ0) is 14.2. The van der Waals surface area contributed by atoms with Gasteiger partial charge in [-0.1, -0.05) is 5.16 Å². The summed E-state index contributed by atoms with van der Waals surface area (Å²) in [5.74, 6) is 0.386. The van der Waals surface area contributed by atoms with Gasteiger partial charge in [-0.2, -0.15) is 10.2 Å². The Kier molecular flexibility index (Phi) is 2.54. The molecule has 0 fully saturated rings. The van der Waals surface area contributed by atoms with Crippen molar-refractivity contribution in [2.75, 3.05) is 0 Å². The van der Waals surface area contributed by atoms with Gasteiger partial charge < -0.3 is 9.63 Å². The molecular weight excluding hydrogens is 272 g/mol. The van der Waals surface area contributed by atoms with Crippen molar-refractivity contribution in [3.05, 3.63) is 42.7 Å². The first-order chi connectivity index (χ1) is 10.3. The molecule has 104 valence electrons. The van der Waals surface area contributed by atoms with E-state index in [1.54, 1.807) is 35.4 Å². The molecule has 0 saturated heterocycles. The number of hydrogen-bond acceptors (Lipinski definition) is 6. The van der Waals surface area contributed by atoms with Crippen LogP contribution in [0, 0.1) is 0 Å². The van der Waals surface area contributed by atoms with Gasteiger partial charge in [-0.3, -0.25) is 5.10 Å². The predicted molar refractivity (Wildman–Crippen MR) is 72.0 cm³/mol. The van der Waals surface area contributed by atoms with Gasteiger partial charge in [0.05, 0.1) is 29.8 Å². The Balaban J connectivity index is 1.94. The van der Waals surface area contributed by atoms with Crippen molar-refractivity contribution >= 4 is 5.52 Å². The summed E-state index contributed by atoms with van der Waals surface area (Å²) in [6, 6.07) is 3.53. The number of aromatic amines is 1. The number of nitrogens with zero attached hydrogens (tertiary/aromatic N) is 5. The number of aromatic nitrogens is 6. The van der Waals surface area contributed by atoms with E-state index in [9.17, 15) is 0 Å². The van der Waals surface area contributed by atoms with Crippen LogP contribution in [0.1, 0.15) is 5.76 Å². The van der Waals surface area contributed by atoms with Crippen LogP contribution >= 0.6 is 0 Å². The molecule has 4 rings (SSSR count). The van der Waals surface area contributed by atoms with Crippen LogP contribution in [0.5, 0.6) is 0 Å². The summed E-state index contributed by atoms with van der Waals surface area (Å²) >= 11 is 0. The quantitative estimate of drug-likeness (QED) is 0.586. The van der Waals surface area contributed by atoms with Crippen molar-refractivity contribution in [2.24, 2.45) is 0 Å². The molecule has 4 aromatic heterocycles. The number of aliphatic hydroxyl groups excluding tert-OH is 1. The third-order valence-corrected chi connectivity index (χ3v) is 3.14. The molecule has 0 aliphatic heterocycles. The van der Waals surface area contributed by atoms with Crippen LogP contribution in [0.2, 0.25) is 0 Å². The molecule has 0 spiro atoms. The molecular formula is C13H10N6O2. The van der Waals surface area contributed by atoms with Crippen LogP contribution in [0.15, 0.2) is 41.4 Å². The summed E-state index contributed by atoms with van der Waals surface area (Å²) in [5.41, 5.74) is 3.61. The van der Waals surface area contributed by atoms with Gasteiger partial charge in [-0.15, -0.1) is 0 Å². The fourth-order valence-electron chi connectivity index (χ4n) is 2.15. The van der Waals surface area contributed by atoms with Crippen LogP contribution in [0.4, 0.5) is 0 Å². The van der Waals surface area contributed by atoms with Crippen molar-refractivity contribution in [1.29, 1.82) is 0 Å². The third kappa shape index (κ3) is 1.89. The van der Waals surface area contributed by atoms with Crippen LogP contribution < -0.4 is 0 Å². The third-order valence-electron chi connectivity index (χ3n) is 3.14. The second kappa shape index (κ2) is 4.53. The van der Waals surface area contributed by atoms with Gasteiger partial charge in [0, 0.05) is 17.8 Å². The summed E-state index contributed by atoms with van der Waals surface area (Å²) in [5, 5.41) is 23.9. The lowest BCUT2D eigenvalue weighted by molar-refractivity contribution is 0.229. The largest absolute Gasteiger partial charge is 0.388 e. The maximum Gasteiger partial charge on any atom is 0.162 e. The van der Waals surface area contributed by atoms with E-state index in [2.05, 4.69) is 25.4 Å². The van der Waals surface area contributed by atoms with Crippen molar-refractivity contribution < 1.29 is 9.63 Å². The van der Waals surface area contributed by atoms with Gasteiger partial charge in [0.1, 0.15) is 18.0 Å². The summed E-state index contributed by atoms with van der Waals surface area (Å²) < 4.78 is 6.72. The molecule has 0 atom stereocenters. The molecule has 0 bridgehead atoms. The first kappa shape index (κ1) is 11.8. The molecule has 4 aromatic rings. The zero-order valence-electron chi connectivity index (χ0n) is 10.8. The minimum atomic E-state index is -0.203. The molecule has 0 aromatic carbocycles. The van der Waals surface area contributed by atoms with Crippen molar-refractivity contribution in [3.63, 3.8) is 0 Å². The Morgan fingerprint density at radius 3 is 3.05 bits per heavy atom. The minimum absolute atomic E-state index is 0.203. The van der Waals surface area contributed by atoms with Gasteiger partial charge >= 0.3 is 0 Å². The van der Waals surface area contributed by atoms with Crippen molar-refractivity contribution in [2.45, 2.75) is 6.61 Å². The normalized spacial score (nSPS) is 11.3.